The van der Waals surface area contributed by atoms with Gasteiger partial charge in [0.25, 0.3) is 0 Å². The van der Waals surface area contributed by atoms with Crippen molar-refractivity contribution in [3.63, 3.8) is 0 Å². The number of hydrogen-bond acceptors (Lipinski definition) is 6. The zero-order valence-electron chi connectivity index (χ0n) is 20.9. The van der Waals surface area contributed by atoms with Crippen LogP contribution in [0.4, 0.5) is 0 Å². The third-order valence-electron chi connectivity index (χ3n) is 7.98. The van der Waals surface area contributed by atoms with Gasteiger partial charge in [-0.15, -0.1) is 0 Å². The molecule has 36 heavy (non-hydrogen) atoms. The molecule has 190 valence electrons. The number of rotatable bonds is 8. The smallest absolute Gasteiger partial charge is 0.319 e. The lowest BCUT2D eigenvalue weighted by molar-refractivity contribution is -0.296. The Morgan fingerprint density at radius 2 is 1.78 bits per heavy atom. The van der Waals surface area contributed by atoms with E-state index in [2.05, 4.69) is 16.5 Å². The highest BCUT2D eigenvalue weighted by molar-refractivity contribution is 7.89. The summed E-state index contributed by atoms with van der Waals surface area (Å²) >= 11 is 0. The molecule has 2 saturated heterocycles. The van der Waals surface area contributed by atoms with Crippen LogP contribution in [0, 0.1) is 5.92 Å². The fraction of sp³-hybridized carbons (Fsp3) is 0.393. The Morgan fingerprint density at radius 3 is 2.42 bits per heavy atom. The van der Waals surface area contributed by atoms with E-state index in [1.807, 2.05) is 60.7 Å². The lowest BCUT2D eigenvalue weighted by Gasteiger charge is -2.61. The average Bonchev–Trinajstić information content (AvgIpc) is 3.37. The first-order chi connectivity index (χ1) is 17.4. The molecule has 2 aliphatic heterocycles. The number of aromatic nitrogens is 1. The summed E-state index contributed by atoms with van der Waals surface area (Å²) in [5.41, 5.74) is 0.806. The molecule has 0 spiro atoms. The van der Waals surface area contributed by atoms with Gasteiger partial charge < -0.3 is 19.2 Å². The molecule has 4 atom stereocenters. The van der Waals surface area contributed by atoms with Gasteiger partial charge in [-0.25, -0.2) is 4.21 Å². The largest absolute Gasteiger partial charge is 0.468 e. The lowest BCUT2D eigenvalue weighted by Crippen LogP contribution is -2.72. The number of methoxy groups -OCH3 is 3. The first-order valence-electron chi connectivity index (χ1n) is 12.0. The van der Waals surface area contributed by atoms with Gasteiger partial charge in [0.1, 0.15) is 5.41 Å². The molecule has 2 bridgehead atoms. The Morgan fingerprint density at radius 1 is 1.08 bits per heavy atom. The summed E-state index contributed by atoms with van der Waals surface area (Å²) in [6.07, 6.45) is 0.962. The standard InChI is InChI=1S/C28H32N2O5S/c1-19(36(32)22-11-6-5-7-12-22)17-30-18-21-15-27(26(31)33-2,25(30)16-28(21,34-3)35-4)24-14-20-10-8-9-13-23(20)29-24/h5-14,21,25,29H,1,15-18H2,2-4H3/t21-,25+,27-,36?/m0/s1. The summed E-state index contributed by atoms with van der Waals surface area (Å²) in [6, 6.07) is 19.0. The van der Waals surface area contributed by atoms with Crippen molar-refractivity contribution in [3.8, 4) is 0 Å². The number of nitrogens with one attached hydrogen (secondary N) is 1. The number of hydrogen-bond donors (Lipinski definition) is 1. The Balaban J connectivity index is 1.57. The van der Waals surface area contributed by atoms with Crippen molar-refractivity contribution in [3.05, 3.63) is 77.8 Å². The molecular formula is C28H32N2O5S. The Bertz CT molecular complexity index is 1270. The molecule has 8 heteroatoms. The van der Waals surface area contributed by atoms with Gasteiger partial charge in [-0.05, 0) is 36.1 Å². The van der Waals surface area contributed by atoms with Gasteiger partial charge in [-0.3, -0.25) is 9.69 Å². The number of benzene rings is 2. The van der Waals surface area contributed by atoms with Gasteiger partial charge in [-0.1, -0.05) is 43.0 Å². The van der Waals surface area contributed by atoms with Crippen molar-refractivity contribution >= 4 is 27.7 Å². The van der Waals surface area contributed by atoms with E-state index in [9.17, 15) is 9.00 Å². The second-order valence-corrected chi connectivity index (χ2v) is 11.2. The molecule has 3 heterocycles. The number of fused-ring (bicyclic) bond motifs is 4. The van der Waals surface area contributed by atoms with Crippen LogP contribution >= 0.6 is 0 Å². The fourth-order valence-corrected chi connectivity index (χ4v) is 7.23. The second kappa shape index (κ2) is 9.59. The zero-order chi connectivity index (χ0) is 25.5. The maximum atomic E-state index is 13.7. The summed E-state index contributed by atoms with van der Waals surface area (Å²) in [7, 11) is 3.37. The van der Waals surface area contributed by atoms with E-state index in [1.54, 1.807) is 14.2 Å². The summed E-state index contributed by atoms with van der Waals surface area (Å²) < 4.78 is 30.6. The van der Waals surface area contributed by atoms with E-state index in [0.717, 1.165) is 16.6 Å². The first kappa shape index (κ1) is 24.9. The number of nitrogens with zero attached hydrogens (tertiary/aromatic N) is 1. The summed E-state index contributed by atoms with van der Waals surface area (Å²) in [5, 5.41) is 1.03. The van der Waals surface area contributed by atoms with Crippen LogP contribution in [0.1, 0.15) is 18.5 Å². The monoisotopic (exact) mass is 508 g/mol. The Kier molecular flexibility index (Phi) is 6.63. The van der Waals surface area contributed by atoms with E-state index < -0.39 is 22.0 Å². The van der Waals surface area contributed by atoms with Crippen molar-refractivity contribution in [2.24, 2.45) is 5.92 Å². The molecule has 3 aliphatic rings. The van der Waals surface area contributed by atoms with E-state index in [1.165, 1.54) is 7.11 Å². The van der Waals surface area contributed by atoms with Crippen LogP contribution < -0.4 is 0 Å². The molecule has 1 saturated carbocycles. The molecule has 7 nitrogen and oxygen atoms in total. The summed E-state index contributed by atoms with van der Waals surface area (Å²) in [6.45, 7) is 5.18. The Hall–Kier alpha value is -2.78. The molecule has 1 unspecified atom stereocenters. The van der Waals surface area contributed by atoms with E-state index in [-0.39, 0.29) is 17.9 Å². The molecule has 1 N–H and O–H groups in total. The zero-order valence-corrected chi connectivity index (χ0v) is 21.7. The third kappa shape index (κ3) is 3.84. The number of esters is 1. The number of aromatic amines is 1. The van der Waals surface area contributed by atoms with Gasteiger partial charge >= 0.3 is 5.97 Å². The number of carbonyl (C=O) groups excluding carboxylic acids is 1. The minimum absolute atomic E-state index is 0.124. The molecule has 1 aliphatic carbocycles. The van der Waals surface area contributed by atoms with Crippen molar-refractivity contribution < 1.29 is 23.2 Å². The van der Waals surface area contributed by atoms with Crippen LogP contribution in [0.15, 0.2) is 77.0 Å². The molecular weight excluding hydrogens is 476 g/mol. The molecule has 3 aromatic rings. The van der Waals surface area contributed by atoms with Crippen LogP contribution in [0.25, 0.3) is 10.9 Å². The minimum Gasteiger partial charge on any atom is -0.468 e. The van der Waals surface area contributed by atoms with E-state index >= 15 is 0 Å². The topological polar surface area (TPSA) is 80.9 Å². The molecule has 3 fully saturated rings. The number of H-pyrrole nitrogens is 1. The summed E-state index contributed by atoms with van der Waals surface area (Å²) in [4.78, 5) is 20.7. The minimum atomic E-state index is -1.37. The van der Waals surface area contributed by atoms with E-state index in [4.69, 9.17) is 14.2 Å². The van der Waals surface area contributed by atoms with Gasteiger partial charge in [0, 0.05) is 66.7 Å². The van der Waals surface area contributed by atoms with Crippen molar-refractivity contribution in [2.45, 2.75) is 35.0 Å². The quantitative estimate of drug-likeness (QED) is 0.366. The van der Waals surface area contributed by atoms with Crippen LogP contribution in [0.5, 0.6) is 0 Å². The van der Waals surface area contributed by atoms with Gasteiger partial charge in [0.2, 0.25) is 0 Å². The van der Waals surface area contributed by atoms with Crippen LogP contribution in [0.3, 0.4) is 0 Å². The highest BCUT2D eigenvalue weighted by Gasteiger charge is 2.66. The van der Waals surface area contributed by atoms with Gasteiger partial charge in [-0.2, -0.15) is 0 Å². The maximum absolute atomic E-state index is 13.7. The third-order valence-corrected chi connectivity index (χ3v) is 9.34. The van der Waals surface area contributed by atoms with Crippen LogP contribution in [-0.2, 0) is 35.2 Å². The van der Waals surface area contributed by atoms with Crippen molar-refractivity contribution in [1.82, 2.24) is 9.88 Å². The number of carbonyl (C=O) groups is 1. The molecule has 2 aromatic carbocycles. The predicted octanol–water partition coefficient (Wildman–Crippen LogP) is 3.98. The van der Waals surface area contributed by atoms with Crippen molar-refractivity contribution in [1.29, 1.82) is 0 Å². The van der Waals surface area contributed by atoms with Gasteiger partial charge in [0.05, 0.1) is 17.9 Å². The molecule has 6 rings (SSSR count). The number of para-hydroxylation sites is 1. The molecule has 0 radical (unpaired) electrons. The molecule has 1 aromatic heterocycles. The number of piperidine rings is 2. The fourth-order valence-electron chi connectivity index (χ4n) is 6.21. The average molecular weight is 509 g/mol. The second-order valence-electron chi connectivity index (χ2n) is 9.62. The Labute approximate surface area is 213 Å². The normalized spacial score (nSPS) is 26.1. The number of ether oxygens (including phenoxy) is 3. The van der Waals surface area contributed by atoms with Crippen LogP contribution in [-0.4, -0.2) is 66.3 Å². The van der Waals surface area contributed by atoms with E-state index in [0.29, 0.717) is 35.7 Å². The summed E-state index contributed by atoms with van der Waals surface area (Å²) in [5.74, 6) is -1.24. The van der Waals surface area contributed by atoms with Crippen molar-refractivity contribution in [2.75, 3.05) is 34.4 Å². The van der Waals surface area contributed by atoms with Gasteiger partial charge in [0.15, 0.2) is 5.79 Å². The lowest BCUT2D eigenvalue weighted by atomic mass is 9.58. The predicted molar refractivity (Wildman–Crippen MR) is 139 cm³/mol. The highest BCUT2D eigenvalue weighted by atomic mass is 32.2. The van der Waals surface area contributed by atoms with Crippen LogP contribution in [0.2, 0.25) is 0 Å². The molecule has 0 amide bonds. The SMILES string of the molecule is C=C(CN1C[C@@H]2C[C@](C(=O)OC)(c3cc4ccccc4[nH]3)[C@H]1CC2(OC)OC)S(=O)c1ccccc1. The maximum Gasteiger partial charge on any atom is 0.319 e. The highest BCUT2D eigenvalue weighted by Crippen LogP contribution is 2.55. The first-order valence-corrected chi connectivity index (χ1v) is 13.2.